The molecule has 0 saturated heterocycles. The Morgan fingerprint density at radius 1 is 0.417 bits per heavy atom. The number of hydrogen-bond donors (Lipinski definition) is 0. The fourth-order valence-corrected chi connectivity index (χ4v) is 8.93. The van der Waals surface area contributed by atoms with Crippen LogP contribution in [-0.4, -0.2) is 9.13 Å². The van der Waals surface area contributed by atoms with E-state index in [0.717, 1.165) is 0 Å². The van der Waals surface area contributed by atoms with Crippen LogP contribution in [0, 0.1) is 0 Å². The molecule has 48 heavy (non-hydrogen) atoms. The molecule has 0 fully saturated rings. The molecule has 2 aromatic heterocycles. The van der Waals surface area contributed by atoms with Crippen LogP contribution >= 0.6 is 0 Å². The summed E-state index contributed by atoms with van der Waals surface area (Å²) in [6, 6.07) is 49.9. The highest BCUT2D eigenvalue weighted by Gasteiger charge is 2.38. The molecule has 0 saturated carbocycles. The van der Waals surface area contributed by atoms with E-state index in [0.29, 0.717) is 0 Å². The van der Waals surface area contributed by atoms with Crippen molar-refractivity contribution in [2.75, 3.05) is 0 Å². The molecular formula is C46H38N2. The Morgan fingerprint density at radius 2 is 0.958 bits per heavy atom. The molecule has 0 radical (unpaired) electrons. The number of rotatable bonds is 2. The van der Waals surface area contributed by atoms with Crippen LogP contribution in [0.4, 0.5) is 0 Å². The maximum absolute atomic E-state index is 2.58. The molecule has 1 aliphatic rings. The van der Waals surface area contributed by atoms with Gasteiger partial charge in [0.2, 0.25) is 0 Å². The quantitative estimate of drug-likeness (QED) is 0.182. The smallest absolute Gasteiger partial charge is 0.0795 e. The Bertz CT molecular complexity index is 2770. The second-order valence-corrected chi connectivity index (χ2v) is 15.2. The summed E-state index contributed by atoms with van der Waals surface area (Å²) in [5.74, 6) is 0. The van der Waals surface area contributed by atoms with Crippen LogP contribution in [0.5, 0.6) is 0 Å². The Hall–Kier alpha value is -5.34. The summed E-state index contributed by atoms with van der Waals surface area (Å²) in [4.78, 5) is 0. The lowest BCUT2D eigenvalue weighted by molar-refractivity contribution is 0.332. The first-order valence-corrected chi connectivity index (χ1v) is 17.3. The molecule has 2 heteroatoms. The average molecular weight is 619 g/mol. The number of para-hydroxylation sites is 2. The van der Waals surface area contributed by atoms with Crippen LogP contribution in [0.2, 0.25) is 0 Å². The molecule has 232 valence electrons. The van der Waals surface area contributed by atoms with Crippen LogP contribution in [0.1, 0.15) is 51.7 Å². The lowest BCUT2D eigenvalue weighted by Gasteiger charge is -2.42. The first-order valence-electron chi connectivity index (χ1n) is 17.3. The molecule has 0 atom stereocenters. The van der Waals surface area contributed by atoms with E-state index in [-0.39, 0.29) is 10.8 Å². The van der Waals surface area contributed by atoms with E-state index in [4.69, 9.17) is 0 Å². The van der Waals surface area contributed by atoms with Crippen molar-refractivity contribution in [3.05, 3.63) is 145 Å². The molecule has 2 heterocycles. The summed E-state index contributed by atoms with van der Waals surface area (Å²) < 4.78 is 5.12. The van der Waals surface area contributed by atoms with E-state index in [1.165, 1.54) is 100 Å². The van der Waals surface area contributed by atoms with Crippen molar-refractivity contribution in [2.24, 2.45) is 0 Å². The third-order valence-corrected chi connectivity index (χ3v) is 11.5. The SMILES string of the molecule is CC1(C)CCC(C)(C)c2cc3c(cc21)c1c2ccccc2c2c4ccccc4n(-c4ccc5ccccc5c4)c2c1n3-c1ccccc1. The highest BCUT2D eigenvalue weighted by molar-refractivity contribution is 6.36. The monoisotopic (exact) mass is 618 g/mol. The largest absolute Gasteiger partial charge is 0.307 e. The van der Waals surface area contributed by atoms with E-state index in [2.05, 4.69) is 170 Å². The molecule has 0 amide bonds. The normalized spacial score (nSPS) is 15.7. The molecule has 0 spiro atoms. The third kappa shape index (κ3) is 3.69. The van der Waals surface area contributed by atoms with Gasteiger partial charge in [-0.3, -0.25) is 0 Å². The number of hydrogen-bond acceptors (Lipinski definition) is 0. The molecule has 0 aliphatic heterocycles. The van der Waals surface area contributed by atoms with Crippen LogP contribution < -0.4 is 0 Å². The molecule has 0 unspecified atom stereocenters. The van der Waals surface area contributed by atoms with Crippen molar-refractivity contribution in [3.63, 3.8) is 0 Å². The van der Waals surface area contributed by atoms with E-state index >= 15 is 0 Å². The molecular weight excluding hydrogens is 581 g/mol. The summed E-state index contributed by atoms with van der Waals surface area (Å²) in [5, 5.41) is 10.4. The molecule has 0 N–H and O–H groups in total. The van der Waals surface area contributed by atoms with Crippen LogP contribution in [-0.2, 0) is 10.8 Å². The minimum absolute atomic E-state index is 0.106. The van der Waals surface area contributed by atoms with E-state index in [1.807, 2.05) is 0 Å². The molecule has 9 aromatic rings. The summed E-state index contributed by atoms with van der Waals surface area (Å²) in [7, 11) is 0. The van der Waals surface area contributed by atoms with Gasteiger partial charge in [0.15, 0.2) is 0 Å². The lowest BCUT2D eigenvalue weighted by Crippen LogP contribution is -2.33. The molecule has 10 rings (SSSR count). The maximum atomic E-state index is 2.58. The fourth-order valence-electron chi connectivity index (χ4n) is 8.93. The maximum Gasteiger partial charge on any atom is 0.0795 e. The van der Waals surface area contributed by atoms with Gasteiger partial charge in [-0.05, 0) is 98.8 Å². The van der Waals surface area contributed by atoms with Gasteiger partial charge in [-0.15, -0.1) is 0 Å². The molecule has 0 bridgehead atoms. The predicted molar refractivity (Wildman–Crippen MR) is 205 cm³/mol. The predicted octanol–water partition coefficient (Wildman–Crippen LogP) is 12.5. The fraction of sp³-hybridized carbons (Fsp3) is 0.174. The highest BCUT2D eigenvalue weighted by Crippen LogP contribution is 2.51. The standard InChI is InChI=1S/C46H38N2/c1-45(2)24-25-46(3,4)38-28-40-36(27-37(38)45)42-34-19-11-10-18-33(34)41-35-20-12-13-21-39(35)48(32-23-22-29-14-8-9-15-30(29)26-32)43(41)44(42)47(40)31-16-6-5-7-17-31/h5-23,26-28H,24-25H2,1-4H3. The Balaban J connectivity index is 1.52. The zero-order valence-electron chi connectivity index (χ0n) is 28.0. The summed E-state index contributed by atoms with van der Waals surface area (Å²) in [5.41, 5.74) is 10.6. The van der Waals surface area contributed by atoms with Crippen LogP contribution in [0.3, 0.4) is 0 Å². The molecule has 1 aliphatic carbocycles. The Labute approximate surface area is 280 Å². The Morgan fingerprint density at radius 3 is 1.67 bits per heavy atom. The van der Waals surface area contributed by atoms with Crippen molar-refractivity contribution < 1.29 is 0 Å². The van der Waals surface area contributed by atoms with Crippen molar-refractivity contribution in [3.8, 4) is 11.4 Å². The van der Waals surface area contributed by atoms with Gasteiger partial charge in [0.05, 0.1) is 22.1 Å². The summed E-state index contributed by atoms with van der Waals surface area (Å²) >= 11 is 0. The van der Waals surface area contributed by atoms with Gasteiger partial charge in [-0.25, -0.2) is 0 Å². The van der Waals surface area contributed by atoms with Gasteiger partial charge >= 0.3 is 0 Å². The van der Waals surface area contributed by atoms with Gasteiger partial charge in [0, 0.05) is 32.9 Å². The zero-order valence-corrected chi connectivity index (χ0v) is 28.0. The van der Waals surface area contributed by atoms with E-state index in [9.17, 15) is 0 Å². The van der Waals surface area contributed by atoms with Crippen molar-refractivity contribution in [1.82, 2.24) is 9.13 Å². The second-order valence-electron chi connectivity index (χ2n) is 15.2. The molecule has 2 nitrogen and oxygen atoms in total. The van der Waals surface area contributed by atoms with Crippen molar-refractivity contribution >= 4 is 65.2 Å². The topological polar surface area (TPSA) is 9.86 Å². The number of nitrogens with zero attached hydrogens (tertiary/aromatic N) is 2. The second kappa shape index (κ2) is 9.61. The minimum atomic E-state index is 0.106. The first-order chi connectivity index (χ1) is 23.3. The highest BCUT2D eigenvalue weighted by atomic mass is 15.0. The number of aromatic nitrogens is 2. The number of benzene rings is 7. The van der Waals surface area contributed by atoms with Gasteiger partial charge in [-0.1, -0.05) is 119 Å². The van der Waals surface area contributed by atoms with Gasteiger partial charge < -0.3 is 9.13 Å². The number of fused-ring (bicyclic) bond motifs is 12. The third-order valence-electron chi connectivity index (χ3n) is 11.5. The average Bonchev–Trinajstić information content (AvgIpc) is 3.64. The van der Waals surface area contributed by atoms with Crippen LogP contribution in [0.25, 0.3) is 76.5 Å². The lowest BCUT2D eigenvalue weighted by atomic mass is 9.63. The van der Waals surface area contributed by atoms with Crippen molar-refractivity contribution in [2.45, 2.75) is 51.4 Å². The van der Waals surface area contributed by atoms with Crippen LogP contribution in [0.15, 0.2) is 133 Å². The van der Waals surface area contributed by atoms with Gasteiger partial charge in [0.1, 0.15) is 0 Å². The minimum Gasteiger partial charge on any atom is -0.307 e. The van der Waals surface area contributed by atoms with Crippen molar-refractivity contribution in [1.29, 1.82) is 0 Å². The van der Waals surface area contributed by atoms with Gasteiger partial charge in [-0.2, -0.15) is 0 Å². The molecule has 7 aromatic carbocycles. The Kier molecular flexibility index (Phi) is 5.55. The van der Waals surface area contributed by atoms with E-state index < -0.39 is 0 Å². The zero-order chi connectivity index (χ0) is 32.4. The first kappa shape index (κ1) is 27.7. The van der Waals surface area contributed by atoms with Gasteiger partial charge in [0.25, 0.3) is 0 Å². The summed E-state index contributed by atoms with van der Waals surface area (Å²) in [6.45, 7) is 9.76. The summed E-state index contributed by atoms with van der Waals surface area (Å²) in [6.07, 6.45) is 2.38. The van der Waals surface area contributed by atoms with E-state index in [1.54, 1.807) is 0 Å².